The molecule has 1 saturated carbocycles. The number of nitrogens with one attached hydrogen (secondary N) is 1. The number of hydrogen-bond donors (Lipinski definition) is 3. The molecule has 2 fully saturated rings. The van der Waals surface area contributed by atoms with Crippen LogP contribution in [0, 0.1) is 0 Å². The van der Waals surface area contributed by atoms with Crippen molar-refractivity contribution in [1.29, 1.82) is 0 Å². The summed E-state index contributed by atoms with van der Waals surface area (Å²) in [7, 11) is 1.68. The van der Waals surface area contributed by atoms with Gasteiger partial charge in [-0.1, -0.05) is 24.3 Å². The van der Waals surface area contributed by atoms with Crippen LogP contribution in [-0.2, 0) is 18.3 Å². The number of ether oxygens (including phenoxy) is 2. The van der Waals surface area contributed by atoms with E-state index in [0.717, 1.165) is 46.5 Å². The molecule has 2 aliphatic heterocycles. The third-order valence-corrected chi connectivity index (χ3v) is 9.08. The topological polar surface area (TPSA) is 77.7 Å². The van der Waals surface area contributed by atoms with E-state index >= 15 is 0 Å². The van der Waals surface area contributed by atoms with Crippen molar-refractivity contribution in [2.75, 3.05) is 20.3 Å². The molecule has 3 aliphatic carbocycles. The van der Waals surface area contributed by atoms with Crippen molar-refractivity contribution in [1.82, 2.24) is 9.88 Å². The number of nitrogens with zero attached hydrogens (tertiary/aromatic N) is 1. The van der Waals surface area contributed by atoms with Gasteiger partial charge in [0.15, 0.2) is 17.6 Å². The number of methoxy groups -OCH3 is 1. The molecule has 3 aromatic rings. The summed E-state index contributed by atoms with van der Waals surface area (Å²) in [5, 5.41) is 23.5. The fraction of sp³-hybridized carbons (Fsp3) is 0.440. The molecule has 1 aromatic heterocycles. The van der Waals surface area contributed by atoms with Crippen molar-refractivity contribution in [3.63, 3.8) is 0 Å². The predicted molar refractivity (Wildman–Crippen MR) is 114 cm³/mol. The van der Waals surface area contributed by atoms with E-state index in [1.54, 1.807) is 7.11 Å². The van der Waals surface area contributed by atoms with Gasteiger partial charge in [-0.25, -0.2) is 0 Å². The Bertz CT molecular complexity index is 1320. The molecule has 2 spiro atoms. The van der Waals surface area contributed by atoms with Crippen LogP contribution in [0.4, 0.5) is 0 Å². The van der Waals surface area contributed by atoms with Crippen molar-refractivity contribution in [3.05, 3.63) is 58.8 Å². The van der Waals surface area contributed by atoms with Crippen molar-refractivity contribution < 1.29 is 19.7 Å². The van der Waals surface area contributed by atoms with Gasteiger partial charge in [-0.3, -0.25) is 4.90 Å². The van der Waals surface area contributed by atoms with Gasteiger partial charge in [0.05, 0.1) is 36.5 Å². The molecule has 2 bridgehead atoms. The van der Waals surface area contributed by atoms with Crippen LogP contribution in [0.2, 0.25) is 0 Å². The molecule has 158 valence electrons. The molecule has 8 rings (SSSR count). The number of rotatable bonds is 3. The Morgan fingerprint density at radius 2 is 2.10 bits per heavy atom. The van der Waals surface area contributed by atoms with E-state index in [9.17, 15) is 10.2 Å². The number of likely N-dealkylation sites (tertiary alicyclic amines) is 1. The van der Waals surface area contributed by atoms with Crippen LogP contribution in [0.1, 0.15) is 34.9 Å². The predicted octanol–water partition coefficient (Wildman–Crippen LogP) is 2.21. The molecule has 3 N–H and O–H groups in total. The highest BCUT2D eigenvalue weighted by atomic mass is 16.5. The van der Waals surface area contributed by atoms with E-state index in [0.29, 0.717) is 13.0 Å². The summed E-state index contributed by atoms with van der Waals surface area (Å²) in [6.07, 6.45) is 2.07. The zero-order valence-corrected chi connectivity index (χ0v) is 17.3. The SMILES string of the molecule is COc1ccc2c3c1O[C@H]1c4[nH]c5ccccc5c4C[C@@]4(O)[C@@H]5N(CCO)[C@]5(C2)C[C@]314. The number of benzene rings is 2. The van der Waals surface area contributed by atoms with Gasteiger partial charge in [0.25, 0.3) is 0 Å². The minimum atomic E-state index is -0.951. The second-order valence-electron chi connectivity index (χ2n) is 10.0. The normalized spacial score (nSPS) is 39.6. The second kappa shape index (κ2) is 4.93. The highest BCUT2D eigenvalue weighted by Crippen LogP contribution is 2.78. The average Bonchev–Trinajstić information content (AvgIpc) is 3.04. The first-order valence-electron chi connectivity index (χ1n) is 11.2. The first kappa shape index (κ1) is 17.1. The summed E-state index contributed by atoms with van der Waals surface area (Å²) in [6, 6.07) is 12.5. The maximum atomic E-state index is 12.7. The fourth-order valence-electron chi connectivity index (χ4n) is 8.22. The quantitative estimate of drug-likeness (QED) is 0.571. The number of para-hydroxylation sites is 1. The highest BCUT2D eigenvalue weighted by Gasteiger charge is 2.88. The Morgan fingerprint density at radius 1 is 1.23 bits per heavy atom. The van der Waals surface area contributed by atoms with Crippen LogP contribution in [-0.4, -0.2) is 57.5 Å². The number of fused-ring (bicyclic) bond motifs is 5. The number of H-pyrrole nitrogens is 1. The summed E-state index contributed by atoms with van der Waals surface area (Å²) >= 11 is 0. The lowest BCUT2D eigenvalue weighted by Gasteiger charge is -2.50. The van der Waals surface area contributed by atoms with E-state index in [4.69, 9.17) is 9.47 Å². The van der Waals surface area contributed by atoms with Gasteiger partial charge in [-0.05, 0) is 36.1 Å². The number of aromatic amines is 1. The molecule has 6 heteroatoms. The lowest BCUT2D eigenvalue weighted by Crippen LogP contribution is -2.61. The van der Waals surface area contributed by atoms with Crippen molar-refractivity contribution >= 4 is 10.9 Å². The number of hydrogen-bond acceptors (Lipinski definition) is 5. The van der Waals surface area contributed by atoms with Gasteiger partial charge < -0.3 is 24.7 Å². The standard InChI is InChI=1S/C25H24N2O4/c1-30-17-7-6-13-10-23-12-24-18(13)20(17)31-21(24)19-15(14-4-2-3-5-16(14)26-19)11-25(24,29)22(23)27(23)8-9-28/h2-7,21-22,26,28-29H,8-12H2,1H3/t21-,22+,23+,24-,25+,27?/m0/s1. The summed E-state index contributed by atoms with van der Waals surface area (Å²) in [5.41, 5.74) is 4.23. The molecule has 6 nitrogen and oxygen atoms in total. The number of aliphatic hydroxyl groups is 2. The van der Waals surface area contributed by atoms with Gasteiger partial charge >= 0.3 is 0 Å². The molecular formula is C25H24N2O4. The number of piperidine rings is 1. The number of β-amino-alcohol motifs (C(OH)–C–C–N with tert-alkyl or cyclic N) is 1. The molecule has 0 radical (unpaired) electrons. The maximum Gasteiger partial charge on any atom is 0.166 e. The Hall–Kier alpha value is -2.54. The monoisotopic (exact) mass is 416 g/mol. The van der Waals surface area contributed by atoms with Gasteiger partial charge in [-0.15, -0.1) is 0 Å². The molecule has 6 atom stereocenters. The lowest BCUT2D eigenvalue weighted by atomic mass is 9.57. The minimum Gasteiger partial charge on any atom is -0.493 e. The van der Waals surface area contributed by atoms with Crippen LogP contribution in [0.15, 0.2) is 36.4 Å². The van der Waals surface area contributed by atoms with Gasteiger partial charge in [-0.2, -0.15) is 0 Å². The van der Waals surface area contributed by atoms with Gasteiger partial charge in [0.1, 0.15) is 0 Å². The highest BCUT2D eigenvalue weighted by molar-refractivity contribution is 5.86. The summed E-state index contributed by atoms with van der Waals surface area (Å²) in [4.78, 5) is 6.00. The fourth-order valence-corrected chi connectivity index (χ4v) is 8.22. The van der Waals surface area contributed by atoms with E-state index in [2.05, 4.69) is 34.1 Å². The summed E-state index contributed by atoms with van der Waals surface area (Å²) in [5.74, 6) is 1.55. The summed E-state index contributed by atoms with van der Waals surface area (Å²) in [6.45, 7) is 0.716. The number of aromatic nitrogens is 1. The molecule has 5 aliphatic rings. The van der Waals surface area contributed by atoms with E-state index in [1.165, 1.54) is 11.1 Å². The molecule has 31 heavy (non-hydrogen) atoms. The lowest BCUT2D eigenvalue weighted by molar-refractivity contribution is -0.0891. The van der Waals surface area contributed by atoms with Crippen molar-refractivity contribution in [3.8, 4) is 11.5 Å². The zero-order valence-electron chi connectivity index (χ0n) is 17.3. The maximum absolute atomic E-state index is 12.7. The minimum absolute atomic E-state index is 0.0319. The Balaban J connectivity index is 1.46. The Labute approximate surface area is 179 Å². The van der Waals surface area contributed by atoms with Crippen LogP contribution < -0.4 is 9.47 Å². The van der Waals surface area contributed by atoms with Gasteiger partial charge in [0, 0.05) is 35.0 Å². The first-order chi connectivity index (χ1) is 15.1. The molecule has 2 aromatic carbocycles. The third kappa shape index (κ3) is 1.54. The van der Waals surface area contributed by atoms with E-state index in [-0.39, 0.29) is 24.3 Å². The third-order valence-electron chi connectivity index (χ3n) is 9.08. The Kier molecular flexibility index (Phi) is 2.71. The van der Waals surface area contributed by atoms with Crippen molar-refractivity contribution in [2.45, 2.75) is 48.0 Å². The average molecular weight is 416 g/mol. The zero-order chi connectivity index (χ0) is 20.8. The van der Waals surface area contributed by atoms with Crippen molar-refractivity contribution in [2.24, 2.45) is 0 Å². The molecule has 1 unspecified atom stereocenters. The smallest absolute Gasteiger partial charge is 0.166 e. The largest absolute Gasteiger partial charge is 0.493 e. The Morgan fingerprint density at radius 3 is 2.94 bits per heavy atom. The van der Waals surface area contributed by atoms with Crippen LogP contribution in [0.3, 0.4) is 0 Å². The second-order valence-corrected chi connectivity index (χ2v) is 10.0. The van der Waals surface area contributed by atoms with Gasteiger partial charge in [0.2, 0.25) is 0 Å². The van der Waals surface area contributed by atoms with E-state index < -0.39 is 11.0 Å². The molecule has 1 saturated heterocycles. The number of aliphatic hydroxyl groups excluding tert-OH is 1. The van der Waals surface area contributed by atoms with E-state index in [1.807, 2.05) is 12.1 Å². The summed E-state index contributed by atoms with van der Waals surface area (Å²) < 4.78 is 12.4. The van der Waals surface area contributed by atoms with Crippen LogP contribution in [0.25, 0.3) is 10.9 Å². The molecular weight excluding hydrogens is 392 g/mol. The molecule has 0 amide bonds. The molecule has 3 heterocycles. The van der Waals surface area contributed by atoms with Crippen LogP contribution in [0.5, 0.6) is 11.5 Å². The van der Waals surface area contributed by atoms with Crippen LogP contribution >= 0.6 is 0 Å². The first-order valence-corrected chi connectivity index (χ1v) is 11.2.